The average Bonchev–Trinajstić information content (AvgIpc) is 2.73. The first kappa shape index (κ1) is 18.0. The Bertz CT molecular complexity index is 802. The van der Waals surface area contributed by atoms with Gasteiger partial charge in [0.25, 0.3) is 5.91 Å². The predicted octanol–water partition coefficient (Wildman–Crippen LogP) is 3.39. The van der Waals surface area contributed by atoms with Gasteiger partial charge in [-0.2, -0.15) is 0 Å². The number of carbonyl (C=O) groups is 2. The molecule has 2 aromatic carbocycles. The van der Waals surface area contributed by atoms with Crippen molar-refractivity contribution in [2.45, 2.75) is 45.9 Å². The first-order chi connectivity index (χ1) is 12.4. The lowest BCUT2D eigenvalue weighted by Crippen LogP contribution is -2.41. The molecule has 2 amide bonds. The molecule has 136 valence electrons. The van der Waals surface area contributed by atoms with Crippen LogP contribution in [0.2, 0.25) is 0 Å². The number of fused-ring (bicyclic) bond motifs is 1. The summed E-state index contributed by atoms with van der Waals surface area (Å²) < 4.78 is 5.80. The standard InChI is InChI=1S/C21H24N2O3/c1-14(2)23-13-17-12-18(9-10-19(17)26-15(3)21(23)25)22-20(24)11-16-7-5-4-6-8-16/h4-10,12,14-15H,11,13H2,1-3H3,(H,22,24). The number of ether oxygens (including phenoxy) is 1. The van der Waals surface area contributed by atoms with Crippen LogP contribution in [0.25, 0.3) is 0 Å². The number of hydrogen-bond donors (Lipinski definition) is 1. The van der Waals surface area contributed by atoms with Gasteiger partial charge in [-0.3, -0.25) is 9.59 Å². The number of rotatable bonds is 4. The molecular formula is C21H24N2O3. The van der Waals surface area contributed by atoms with Crippen molar-refractivity contribution in [2.75, 3.05) is 5.32 Å². The second-order valence-electron chi connectivity index (χ2n) is 6.85. The molecule has 1 aliphatic heterocycles. The lowest BCUT2D eigenvalue weighted by atomic mass is 10.1. The van der Waals surface area contributed by atoms with Crippen LogP contribution < -0.4 is 10.1 Å². The Morgan fingerprint density at radius 1 is 1.23 bits per heavy atom. The van der Waals surface area contributed by atoms with Gasteiger partial charge in [0.1, 0.15) is 5.75 Å². The molecule has 0 fully saturated rings. The van der Waals surface area contributed by atoms with Crippen LogP contribution in [0.3, 0.4) is 0 Å². The molecule has 1 aliphatic rings. The summed E-state index contributed by atoms with van der Waals surface area (Å²) in [6.07, 6.45) is -0.195. The van der Waals surface area contributed by atoms with Crippen molar-refractivity contribution in [2.24, 2.45) is 0 Å². The summed E-state index contributed by atoms with van der Waals surface area (Å²) in [5.74, 6) is 0.594. The quantitative estimate of drug-likeness (QED) is 0.918. The van der Waals surface area contributed by atoms with Gasteiger partial charge >= 0.3 is 0 Å². The van der Waals surface area contributed by atoms with E-state index >= 15 is 0 Å². The fourth-order valence-electron chi connectivity index (χ4n) is 3.06. The molecule has 0 radical (unpaired) electrons. The van der Waals surface area contributed by atoms with Crippen LogP contribution in [0.4, 0.5) is 5.69 Å². The lowest BCUT2D eigenvalue weighted by Gasteiger charge is -2.26. The molecule has 0 saturated heterocycles. The van der Waals surface area contributed by atoms with Gasteiger partial charge in [0.2, 0.25) is 5.91 Å². The van der Waals surface area contributed by atoms with Crippen LogP contribution in [0.5, 0.6) is 5.75 Å². The molecular weight excluding hydrogens is 328 g/mol. The van der Waals surface area contributed by atoms with Crippen molar-refractivity contribution in [3.63, 3.8) is 0 Å². The molecule has 26 heavy (non-hydrogen) atoms. The maximum Gasteiger partial charge on any atom is 0.263 e. The highest BCUT2D eigenvalue weighted by molar-refractivity contribution is 5.92. The Balaban J connectivity index is 1.77. The fourth-order valence-corrected chi connectivity index (χ4v) is 3.06. The molecule has 1 heterocycles. The van der Waals surface area contributed by atoms with E-state index in [0.717, 1.165) is 11.1 Å². The summed E-state index contributed by atoms with van der Waals surface area (Å²) >= 11 is 0. The topological polar surface area (TPSA) is 58.6 Å². The minimum Gasteiger partial charge on any atom is -0.481 e. The summed E-state index contributed by atoms with van der Waals surface area (Å²) in [7, 11) is 0. The van der Waals surface area contributed by atoms with E-state index in [2.05, 4.69) is 5.32 Å². The van der Waals surface area contributed by atoms with Crippen molar-refractivity contribution >= 4 is 17.5 Å². The van der Waals surface area contributed by atoms with Gasteiger partial charge in [-0.1, -0.05) is 30.3 Å². The molecule has 1 unspecified atom stereocenters. The molecule has 5 nitrogen and oxygen atoms in total. The van der Waals surface area contributed by atoms with Gasteiger partial charge in [0.15, 0.2) is 6.10 Å². The van der Waals surface area contributed by atoms with Crippen molar-refractivity contribution < 1.29 is 14.3 Å². The third-order valence-electron chi connectivity index (χ3n) is 4.45. The highest BCUT2D eigenvalue weighted by Crippen LogP contribution is 2.29. The van der Waals surface area contributed by atoms with Gasteiger partial charge in [0, 0.05) is 23.8 Å². The average molecular weight is 352 g/mol. The Morgan fingerprint density at radius 3 is 2.65 bits per heavy atom. The van der Waals surface area contributed by atoms with E-state index in [0.29, 0.717) is 24.4 Å². The number of amides is 2. The highest BCUT2D eigenvalue weighted by Gasteiger charge is 2.29. The fraction of sp³-hybridized carbons (Fsp3) is 0.333. The third-order valence-corrected chi connectivity index (χ3v) is 4.45. The summed E-state index contributed by atoms with van der Waals surface area (Å²) in [6.45, 7) is 6.21. The smallest absolute Gasteiger partial charge is 0.263 e. The SMILES string of the molecule is CC1Oc2ccc(NC(=O)Cc3ccccc3)cc2CN(C(C)C)C1=O. The molecule has 5 heteroatoms. The number of carbonyl (C=O) groups excluding carboxylic acids is 2. The molecule has 0 saturated carbocycles. The third kappa shape index (κ3) is 4.04. The first-order valence-corrected chi connectivity index (χ1v) is 8.88. The zero-order valence-corrected chi connectivity index (χ0v) is 15.4. The van der Waals surface area contributed by atoms with Gasteiger partial charge in [-0.25, -0.2) is 0 Å². The minimum atomic E-state index is -0.517. The lowest BCUT2D eigenvalue weighted by molar-refractivity contribution is -0.139. The molecule has 0 bridgehead atoms. The van der Waals surface area contributed by atoms with E-state index in [-0.39, 0.29) is 17.9 Å². The zero-order valence-electron chi connectivity index (χ0n) is 15.4. The van der Waals surface area contributed by atoms with Crippen LogP contribution >= 0.6 is 0 Å². The van der Waals surface area contributed by atoms with E-state index < -0.39 is 6.10 Å². The monoisotopic (exact) mass is 352 g/mol. The van der Waals surface area contributed by atoms with Crippen LogP contribution in [0.1, 0.15) is 31.9 Å². The van der Waals surface area contributed by atoms with Crippen LogP contribution in [0.15, 0.2) is 48.5 Å². The van der Waals surface area contributed by atoms with E-state index in [9.17, 15) is 9.59 Å². The van der Waals surface area contributed by atoms with Crippen LogP contribution in [0, 0.1) is 0 Å². The Labute approximate surface area is 154 Å². The summed E-state index contributed by atoms with van der Waals surface area (Å²) in [5, 5.41) is 2.93. The first-order valence-electron chi connectivity index (χ1n) is 8.88. The number of nitrogens with zero attached hydrogens (tertiary/aromatic N) is 1. The highest BCUT2D eigenvalue weighted by atomic mass is 16.5. The second-order valence-corrected chi connectivity index (χ2v) is 6.85. The Morgan fingerprint density at radius 2 is 1.96 bits per heavy atom. The minimum absolute atomic E-state index is 0.0223. The largest absolute Gasteiger partial charge is 0.481 e. The predicted molar refractivity (Wildman–Crippen MR) is 101 cm³/mol. The maximum absolute atomic E-state index is 12.5. The van der Waals surface area contributed by atoms with E-state index in [4.69, 9.17) is 4.74 Å². The van der Waals surface area contributed by atoms with Crippen LogP contribution in [-0.2, 0) is 22.6 Å². The van der Waals surface area contributed by atoms with E-state index in [1.165, 1.54) is 0 Å². The Kier molecular flexibility index (Phi) is 5.26. The maximum atomic E-state index is 12.5. The van der Waals surface area contributed by atoms with Crippen LogP contribution in [-0.4, -0.2) is 28.9 Å². The van der Waals surface area contributed by atoms with Crippen molar-refractivity contribution in [3.05, 3.63) is 59.7 Å². The molecule has 2 aromatic rings. The van der Waals surface area contributed by atoms with Gasteiger partial charge in [-0.15, -0.1) is 0 Å². The van der Waals surface area contributed by atoms with Gasteiger partial charge < -0.3 is 15.0 Å². The van der Waals surface area contributed by atoms with E-state index in [1.807, 2.05) is 62.4 Å². The molecule has 1 N–H and O–H groups in total. The summed E-state index contributed by atoms with van der Waals surface area (Å²) in [6, 6.07) is 15.2. The second kappa shape index (κ2) is 7.60. The molecule has 1 atom stereocenters. The van der Waals surface area contributed by atoms with Crippen molar-refractivity contribution in [1.82, 2.24) is 4.90 Å². The summed E-state index contributed by atoms with van der Waals surface area (Å²) in [4.78, 5) is 26.5. The molecule has 0 spiro atoms. The molecule has 3 rings (SSSR count). The number of hydrogen-bond acceptors (Lipinski definition) is 3. The number of benzene rings is 2. The van der Waals surface area contributed by atoms with E-state index in [1.54, 1.807) is 11.8 Å². The number of anilines is 1. The molecule has 0 aliphatic carbocycles. The molecule has 0 aromatic heterocycles. The number of nitrogens with one attached hydrogen (secondary N) is 1. The van der Waals surface area contributed by atoms with Crippen molar-refractivity contribution in [3.8, 4) is 5.75 Å². The van der Waals surface area contributed by atoms with Gasteiger partial charge in [-0.05, 0) is 44.5 Å². The summed E-state index contributed by atoms with van der Waals surface area (Å²) in [5.41, 5.74) is 2.57. The van der Waals surface area contributed by atoms with Crippen molar-refractivity contribution in [1.29, 1.82) is 0 Å². The normalized spacial score (nSPS) is 16.7. The Hall–Kier alpha value is -2.82. The van der Waals surface area contributed by atoms with Gasteiger partial charge in [0.05, 0.1) is 6.42 Å². The zero-order chi connectivity index (χ0) is 18.7.